The third-order valence-electron chi connectivity index (χ3n) is 1.85. The summed E-state index contributed by atoms with van der Waals surface area (Å²) in [5.41, 5.74) is 0.723. The molecule has 0 saturated carbocycles. The van der Waals surface area contributed by atoms with Gasteiger partial charge in [0.05, 0.1) is 34.7 Å². The van der Waals surface area contributed by atoms with Gasteiger partial charge in [0.1, 0.15) is 0 Å². The SMILES string of the molecule is COC(=O)c1c(Cl)cc(/N=C/N(C)C)cc1Cl. The molecule has 0 N–H and O–H groups in total. The molecule has 1 aromatic carbocycles. The van der Waals surface area contributed by atoms with Crippen LogP contribution in [0.15, 0.2) is 17.1 Å². The molecule has 0 fully saturated rings. The number of carbonyl (C=O) groups is 1. The molecule has 1 aromatic rings. The zero-order chi connectivity index (χ0) is 13.0. The third kappa shape index (κ3) is 3.61. The molecule has 4 nitrogen and oxygen atoms in total. The number of methoxy groups -OCH3 is 1. The van der Waals surface area contributed by atoms with Gasteiger partial charge in [-0.1, -0.05) is 23.2 Å². The van der Waals surface area contributed by atoms with Crippen LogP contribution in [0.5, 0.6) is 0 Å². The molecular weight excluding hydrogens is 263 g/mol. The van der Waals surface area contributed by atoms with E-state index >= 15 is 0 Å². The number of rotatable bonds is 3. The van der Waals surface area contributed by atoms with Gasteiger partial charge in [0.2, 0.25) is 0 Å². The monoisotopic (exact) mass is 274 g/mol. The van der Waals surface area contributed by atoms with Crippen molar-refractivity contribution in [1.29, 1.82) is 0 Å². The molecular formula is C11H12Cl2N2O2. The van der Waals surface area contributed by atoms with Crippen molar-refractivity contribution in [2.75, 3.05) is 21.2 Å². The molecule has 0 aliphatic rings. The van der Waals surface area contributed by atoms with Crippen molar-refractivity contribution in [2.45, 2.75) is 0 Å². The second-order valence-corrected chi connectivity index (χ2v) is 4.30. The van der Waals surface area contributed by atoms with Crippen LogP contribution in [-0.4, -0.2) is 38.4 Å². The van der Waals surface area contributed by atoms with Crippen LogP contribution in [-0.2, 0) is 4.74 Å². The first-order valence-corrected chi connectivity index (χ1v) is 5.49. The summed E-state index contributed by atoms with van der Waals surface area (Å²) in [6, 6.07) is 3.11. The van der Waals surface area contributed by atoms with Crippen LogP contribution < -0.4 is 0 Å². The Labute approximate surface area is 110 Å². The van der Waals surface area contributed by atoms with Crippen molar-refractivity contribution in [3.05, 3.63) is 27.7 Å². The van der Waals surface area contributed by atoms with E-state index in [2.05, 4.69) is 9.73 Å². The highest BCUT2D eigenvalue weighted by atomic mass is 35.5. The minimum Gasteiger partial charge on any atom is -0.465 e. The van der Waals surface area contributed by atoms with Gasteiger partial charge < -0.3 is 9.64 Å². The summed E-state index contributed by atoms with van der Waals surface area (Å²) in [7, 11) is 4.96. The van der Waals surface area contributed by atoms with E-state index < -0.39 is 5.97 Å². The van der Waals surface area contributed by atoms with E-state index in [1.54, 1.807) is 23.4 Å². The number of nitrogens with zero attached hydrogens (tertiary/aromatic N) is 2. The number of hydrogen-bond donors (Lipinski definition) is 0. The summed E-state index contributed by atoms with van der Waals surface area (Å²) in [4.78, 5) is 17.3. The van der Waals surface area contributed by atoms with E-state index in [4.69, 9.17) is 23.2 Å². The summed E-state index contributed by atoms with van der Waals surface area (Å²) in [5.74, 6) is -0.567. The van der Waals surface area contributed by atoms with Gasteiger partial charge in [-0.3, -0.25) is 0 Å². The normalized spacial score (nSPS) is 10.6. The molecule has 0 unspecified atom stereocenters. The quantitative estimate of drug-likeness (QED) is 0.483. The van der Waals surface area contributed by atoms with Crippen molar-refractivity contribution < 1.29 is 9.53 Å². The first kappa shape index (κ1) is 13.8. The lowest BCUT2D eigenvalue weighted by Crippen LogP contribution is -2.07. The maximum Gasteiger partial charge on any atom is 0.340 e. The lowest BCUT2D eigenvalue weighted by Gasteiger charge is -2.07. The average Bonchev–Trinajstić information content (AvgIpc) is 2.25. The zero-order valence-electron chi connectivity index (χ0n) is 9.70. The average molecular weight is 275 g/mol. The molecule has 0 aromatic heterocycles. The highest BCUT2D eigenvalue weighted by molar-refractivity contribution is 6.39. The van der Waals surface area contributed by atoms with Crippen molar-refractivity contribution in [3.63, 3.8) is 0 Å². The molecule has 0 amide bonds. The van der Waals surface area contributed by atoms with Crippen molar-refractivity contribution >= 4 is 41.2 Å². The fraction of sp³-hybridized carbons (Fsp3) is 0.273. The molecule has 92 valence electrons. The Kier molecular flexibility index (Phi) is 4.78. The van der Waals surface area contributed by atoms with E-state index in [1.165, 1.54) is 7.11 Å². The molecule has 0 radical (unpaired) electrons. The van der Waals surface area contributed by atoms with Gasteiger partial charge in [-0.05, 0) is 12.1 Å². The van der Waals surface area contributed by atoms with Gasteiger partial charge in [-0.2, -0.15) is 0 Å². The number of esters is 1. The lowest BCUT2D eigenvalue weighted by molar-refractivity contribution is 0.0601. The van der Waals surface area contributed by atoms with E-state index in [0.29, 0.717) is 5.69 Å². The van der Waals surface area contributed by atoms with Crippen LogP contribution in [0.3, 0.4) is 0 Å². The first-order chi connectivity index (χ1) is 7.95. The van der Waals surface area contributed by atoms with Crippen molar-refractivity contribution in [1.82, 2.24) is 4.90 Å². The Bertz CT molecular complexity index is 436. The molecule has 0 aliphatic heterocycles. The molecule has 0 aliphatic carbocycles. The van der Waals surface area contributed by atoms with Crippen LogP contribution >= 0.6 is 23.2 Å². The van der Waals surface area contributed by atoms with E-state index in [-0.39, 0.29) is 15.6 Å². The van der Waals surface area contributed by atoms with E-state index in [1.807, 2.05) is 14.1 Å². The second kappa shape index (κ2) is 5.89. The van der Waals surface area contributed by atoms with Gasteiger partial charge in [0, 0.05) is 14.1 Å². The highest BCUT2D eigenvalue weighted by Crippen LogP contribution is 2.30. The Balaban J connectivity index is 3.14. The topological polar surface area (TPSA) is 41.9 Å². The largest absolute Gasteiger partial charge is 0.465 e. The van der Waals surface area contributed by atoms with E-state index in [0.717, 1.165) is 0 Å². The molecule has 0 bridgehead atoms. The predicted octanol–water partition coefficient (Wildman–Crippen LogP) is 3.00. The molecule has 1 rings (SSSR count). The minimum atomic E-state index is -0.567. The number of hydrogen-bond acceptors (Lipinski definition) is 3. The standard InChI is InChI=1S/C11H12Cl2N2O2/c1-15(2)6-14-7-4-8(12)10(9(13)5-7)11(16)17-3/h4-6H,1-3H3/b14-6+. The molecule has 6 heteroatoms. The molecule has 0 saturated heterocycles. The summed E-state index contributed by atoms with van der Waals surface area (Å²) in [5, 5.41) is 0.436. The first-order valence-electron chi connectivity index (χ1n) is 4.73. The van der Waals surface area contributed by atoms with Crippen LogP contribution in [0.4, 0.5) is 5.69 Å². The highest BCUT2D eigenvalue weighted by Gasteiger charge is 2.16. The maximum absolute atomic E-state index is 11.4. The maximum atomic E-state index is 11.4. The van der Waals surface area contributed by atoms with Gasteiger partial charge in [-0.25, -0.2) is 9.79 Å². The van der Waals surface area contributed by atoms with E-state index in [9.17, 15) is 4.79 Å². The Morgan fingerprint density at radius 2 is 1.88 bits per heavy atom. The Morgan fingerprint density at radius 3 is 2.29 bits per heavy atom. The van der Waals surface area contributed by atoms with Gasteiger partial charge >= 0.3 is 5.97 Å². The Hall–Kier alpha value is -1.26. The van der Waals surface area contributed by atoms with Gasteiger partial charge in [0.25, 0.3) is 0 Å². The fourth-order valence-electron chi connectivity index (χ4n) is 1.11. The number of carbonyl (C=O) groups excluding carboxylic acids is 1. The van der Waals surface area contributed by atoms with Crippen LogP contribution in [0.25, 0.3) is 0 Å². The summed E-state index contributed by atoms with van der Waals surface area (Å²) in [6.07, 6.45) is 1.61. The van der Waals surface area contributed by atoms with Crippen molar-refractivity contribution in [2.24, 2.45) is 4.99 Å². The summed E-state index contributed by atoms with van der Waals surface area (Å²) < 4.78 is 4.58. The third-order valence-corrected chi connectivity index (χ3v) is 2.45. The molecule has 0 spiro atoms. The molecule has 0 heterocycles. The summed E-state index contributed by atoms with van der Waals surface area (Å²) in [6.45, 7) is 0. The van der Waals surface area contributed by atoms with Crippen LogP contribution in [0.2, 0.25) is 10.0 Å². The van der Waals surface area contributed by atoms with Crippen molar-refractivity contribution in [3.8, 4) is 0 Å². The van der Waals surface area contributed by atoms with Crippen LogP contribution in [0.1, 0.15) is 10.4 Å². The minimum absolute atomic E-state index is 0.152. The molecule has 0 atom stereocenters. The Morgan fingerprint density at radius 1 is 1.35 bits per heavy atom. The molecule has 17 heavy (non-hydrogen) atoms. The number of benzene rings is 1. The summed E-state index contributed by atoms with van der Waals surface area (Å²) >= 11 is 11.9. The second-order valence-electron chi connectivity index (χ2n) is 3.48. The zero-order valence-corrected chi connectivity index (χ0v) is 11.2. The predicted molar refractivity (Wildman–Crippen MR) is 69.6 cm³/mol. The number of halogens is 2. The number of ether oxygens (including phenoxy) is 1. The number of aliphatic imine (C=N–C) groups is 1. The van der Waals surface area contributed by atoms with Gasteiger partial charge in [0.15, 0.2) is 0 Å². The lowest BCUT2D eigenvalue weighted by atomic mass is 10.2. The smallest absolute Gasteiger partial charge is 0.340 e. The van der Waals surface area contributed by atoms with Gasteiger partial charge in [-0.15, -0.1) is 0 Å². The van der Waals surface area contributed by atoms with Crippen LogP contribution in [0, 0.1) is 0 Å². The fourth-order valence-corrected chi connectivity index (χ4v) is 1.74.